The third kappa shape index (κ3) is 2.70. The molecule has 0 radical (unpaired) electrons. The maximum Gasteiger partial charge on any atom is 0.253 e. The van der Waals surface area contributed by atoms with Crippen LogP contribution < -0.4 is 0 Å². The second-order valence-electron chi connectivity index (χ2n) is 5.51. The standard InChI is InChI=1S/C14H20N2OS/c1-14(2)10-16(8-7-15(14)3)13(17)11-5-4-6-12(18)9-11/h4-6,9,18H,7-8,10H2,1-3H3. The Balaban J connectivity index is 2.15. The quantitative estimate of drug-likeness (QED) is 0.786. The van der Waals surface area contributed by atoms with E-state index in [1.807, 2.05) is 29.2 Å². The van der Waals surface area contributed by atoms with Crippen molar-refractivity contribution in [2.45, 2.75) is 24.3 Å². The first-order valence-electron chi connectivity index (χ1n) is 6.20. The number of likely N-dealkylation sites (N-methyl/N-ethyl adjacent to an activating group) is 1. The van der Waals surface area contributed by atoms with Crippen LogP contribution in [0.3, 0.4) is 0 Å². The van der Waals surface area contributed by atoms with Crippen molar-refractivity contribution in [1.82, 2.24) is 9.80 Å². The van der Waals surface area contributed by atoms with E-state index in [2.05, 4.69) is 38.4 Å². The summed E-state index contributed by atoms with van der Waals surface area (Å²) in [6.07, 6.45) is 0. The minimum absolute atomic E-state index is 0.0342. The van der Waals surface area contributed by atoms with Crippen LogP contribution in [0.4, 0.5) is 0 Å². The molecule has 0 aromatic heterocycles. The van der Waals surface area contributed by atoms with Crippen molar-refractivity contribution < 1.29 is 4.79 Å². The molecule has 1 aliphatic heterocycles. The molecule has 1 aliphatic rings. The molecule has 0 saturated carbocycles. The zero-order valence-corrected chi connectivity index (χ0v) is 12.1. The van der Waals surface area contributed by atoms with Crippen molar-refractivity contribution >= 4 is 18.5 Å². The van der Waals surface area contributed by atoms with Gasteiger partial charge in [-0.2, -0.15) is 0 Å². The van der Waals surface area contributed by atoms with E-state index in [4.69, 9.17) is 0 Å². The Morgan fingerprint density at radius 2 is 2.06 bits per heavy atom. The van der Waals surface area contributed by atoms with Crippen LogP contribution in [0.1, 0.15) is 24.2 Å². The van der Waals surface area contributed by atoms with Gasteiger partial charge in [-0.05, 0) is 39.1 Å². The fourth-order valence-corrected chi connectivity index (χ4v) is 2.46. The number of carbonyl (C=O) groups is 1. The van der Waals surface area contributed by atoms with Gasteiger partial charge in [0.2, 0.25) is 0 Å². The molecule has 1 aromatic rings. The molecule has 4 heteroatoms. The number of thiol groups is 1. The van der Waals surface area contributed by atoms with Crippen molar-refractivity contribution in [3.63, 3.8) is 0 Å². The third-order valence-electron chi connectivity index (χ3n) is 3.70. The SMILES string of the molecule is CN1CCN(C(=O)c2cccc(S)c2)CC1(C)C. The van der Waals surface area contributed by atoms with E-state index in [9.17, 15) is 4.79 Å². The Kier molecular flexibility index (Phi) is 3.69. The topological polar surface area (TPSA) is 23.6 Å². The molecular formula is C14H20N2OS. The highest BCUT2D eigenvalue weighted by Gasteiger charge is 2.33. The maximum atomic E-state index is 12.4. The van der Waals surface area contributed by atoms with E-state index in [0.717, 1.165) is 30.1 Å². The Morgan fingerprint density at radius 1 is 1.33 bits per heavy atom. The van der Waals surface area contributed by atoms with Gasteiger partial charge in [-0.25, -0.2) is 0 Å². The van der Waals surface area contributed by atoms with Gasteiger partial charge >= 0.3 is 0 Å². The van der Waals surface area contributed by atoms with Crippen LogP contribution in [0, 0.1) is 0 Å². The lowest BCUT2D eigenvalue weighted by Crippen LogP contribution is -2.58. The van der Waals surface area contributed by atoms with Gasteiger partial charge in [-0.3, -0.25) is 9.69 Å². The van der Waals surface area contributed by atoms with Crippen molar-refractivity contribution in [2.24, 2.45) is 0 Å². The number of nitrogens with zero attached hydrogens (tertiary/aromatic N) is 2. The minimum Gasteiger partial charge on any atom is -0.336 e. The highest BCUT2D eigenvalue weighted by atomic mass is 32.1. The molecule has 1 aromatic carbocycles. The summed E-state index contributed by atoms with van der Waals surface area (Å²) in [6, 6.07) is 7.44. The number of hydrogen-bond acceptors (Lipinski definition) is 3. The molecule has 0 N–H and O–H groups in total. The number of rotatable bonds is 1. The van der Waals surface area contributed by atoms with E-state index in [1.54, 1.807) is 0 Å². The van der Waals surface area contributed by atoms with Crippen LogP contribution >= 0.6 is 12.6 Å². The van der Waals surface area contributed by atoms with E-state index in [0.29, 0.717) is 0 Å². The first-order chi connectivity index (χ1) is 8.40. The second kappa shape index (κ2) is 4.94. The average molecular weight is 264 g/mol. The molecule has 0 spiro atoms. The summed E-state index contributed by atoms with van der Waals surface area (Å²) >= 11 is 4.28. The normalized spacial score (nSPS) is 19.9. The van der Waals surface area contributed by atoms with Crippen LogP contribution in [0.2, 0.25) is 0 Å². The Morgan fingerprint density at radius 3 is 2.67 bits per heavy atom. The highest BCUT2D eigenvalue weighted by Crippen LogP contribution is 2.21. The largest absolute Gasteiger partial charge is 0.336 e. The summed E-state index contributed by atoms with van der Waals surface area (Å²) in [5.74, 6) is 0.104. The molecule has 98 valence electrons. The van der Waals surface area contributed by atoms with Crippen LogP contribution in [0.15, 0.2) is 29.2 Å². The van der Waals surface area contributed by atoms with Crippen molar-refractivity contribution in [2.75, 3.05) is 26.7 Å². The number of carbonyl (C=O) groups excluding carboxylic acids is 1. The molecule has 0 unspecified atom stereocenters. The molecular weight excluding hydrogens is 244 g/mol. The molecule has 3 nitrogen and oxygen atoms in total. The summed E-state index contributed by atoms with van der Waals surface area (Å²) in [5.41, 5.74) is 0.759. The van der Waals surface area contributed by atoms with Gasteiger partial charge in [-0.1, -0.05) is 6.07 Å². The third-order valence-corrected chi connectivity index (χ3v) is 3.97. The Bertz CT molecular complexity index is 459. The summed E-state index contributed by atoms with van der Waals surface area (Å²) in [7, 11) is 2.11. The van der Waals surface area contributed by atoms with Crippen molar-refractivity contribution in [1.29, 1.82) is 0 Å². The molecule has 18 heavy (non-hydrogen) atoms. The summed E-state index contributed by atoms with van der Waals surface area (Å²) < 4.78 is 0. The molecule has 0 atom stereocenters. The molecule has 1 amide bonds. The van der Waals surface area contributed by atoms with E-state index >= 15 is 0 Å². The Labute approximate surface area is 114 Å². The summed E-state index contributed by atoms with van der Waals surface area (Å²) in [4.78, 5) is 17.5. The molecule has 0 bridgehead atoms. The molecule has 2 rings (SSSR count). The van der Waals surface area contributed by atoms with E-state index < -0.39 is 0 Å². The molecule has 0 aliphatic carbocycles. The van der Waals surface area contributed by atoms with Gasteiger partial charge in [0, 0.05) is 35.6 Å². The zero-order valence-electron chi connectivity index (χ0n) is 11.2. The van der Waals surface area contributed by atoms with Gasteiger partial charge in [0.05, 0.1) is 0 Å². The fraction of sp³-hybridized carbons (Fsp3) is 0.500. The van der Waals surface area contributed by atoms with Gasteiger partial charge < -0.3 is 4.90 Å². The fourth-order valence-electron chi connectivity index (χ4n) is 2.24. The number of amides is 1. The lowest BCUT2D eigenvalue weighted by atomic mass is 9.99. The minimum atomic E-state index is 0.0342. The lowest BCUT2D eigenvalue weighted by Gasteiger charge is -2.45. The van der Waals surface area contributed by atoms with Crippen LogP contribution in [0.25, 0.3) is 0 Å². The smallest absolute Gasteiger partial charge is 0.253 e. The van der Waals surface area contributed by atoms with E-state index in [1.165, 1.54) is 0 Å². The van der Waals surface area contributed by atoms with Crippen LogP contribution in [0.5, 0.6) is 0 Å². The predicted octanol–water partition coefficient (Wildman–Crippen LogP) is 2.14. The monoisotopic (exact) mass is 264 g/mol. The lowest BCUT2D eigenvalue weighted by molar-refractivity contribution is 0.0311. The van der Waals surface area contributed by atoms with Gasteiger partial charge in [0.25, 0.3) is 5.91 Å². The number of piperazine rings is 1. The maximum absolute atomic E-state index is 12.4. The second-order valence-corrected chi connectivity index (χ2v) is 6.03. The van der Waals surface area contributed by atoms with Crippen molar-refractivity contribution in [3.8, 4) is 0 Å². The number of benzene rings is 1. The van der Waals surface area contributed by atoms with Gasteiger partial charge in [0.15, 0.2) is 0 Å². The van der Waals surface area contributed by atoms with Crippen molar-refractivity contribution in [3.05, 3.63) is 29.8 Å². The first-order valence-corrected chi connectivity index (χ1v) is 6.64. The van der Waals surface area contributed by atoms with Crippen LogP contribution in [-0.4, -0.2) is 47.9 Å². The van der Waals surface area contributed by atoms with Gasteiger partial charge in [0.1, 0.15) is 0 Å². The Hall–Kier alpha value is -1.00. The summed E-state index contributed by atoms with van der Waals surface area (Å²) in [6.45, 7) is 6.80. The molecule has 1 heterocycles. The summed E-state index contributed by atoms with van der Waals surface area (Å²) in [5, 5.41) is 0. The molecule has 1 saturated heterocycles. The van der Waals surface area contributed by atoms with Gasteiger partial charge in [-0.15, -0.1) is 12.6 Å². The van der Waals surface area contributed by atoms with Crippen LogP contribution in [-0.2, 0) is 0 Å². The highest BCUT2D eigenvalue weighted by molar-refractivity contribution is 7.80. The predicted molar refractivity (Wildman–Crippen MR) is 76.3 cm³/mol. The zero-order chi connectivity index (χ0) is 13.3. The van der Waals surface area contributed by atoms with E-state index in [-0.39, 0.29) is 11.4 Å². The first kappa shape index (κ1) is 13.4. The molecule has 1 fully saturated rings. The average Bonchev–Trinajstić information content (AvgIpc) is 2.31. The number of hydrogen-bond donors (Lipinski definition) is 1.